The molecule has 1 rings (SSSR count). The highest BCUT2D eigenvalue weighted by atomic mass is 79.9. The Morgan fingerprint density at radius 2 is 1.59 bits per heavy atom. The third-order valence-electron chi connectivity index (χ3n) is 3.39. The lowest BCUT2D eigenvalue weighted by Crippen LogP contribution is -2.66. The van der Waals surface area contributed by atoms with E-state index in [-0.39, 0.29) is 5.33 Å². The molecule has 0 aromatic rings. The van der Waals surface area contributed by atoms with Gasteiger partial charge in [-0.25, -0.2) is 4.57 Å². The zero-order valence-electron chi connectivity index (χ0n) is 15.6. The summed E-state index contributed by atoms with van der Waals surface area (Å²) in [5, 5.41) is 2.12. The molecule has 166 valence electrons. The average Bonchev–Trinajstić information content (AvgIpc) is 2.56. The molecule has 0 spiro atoms. The molecule has 13 nitrogen and oxygen atoms in total. The van der Waals surface area contributed by atoms with Crippen molar-refractivity contribution in [1.29, 1.82) is 0 Å². The molecule has 0 aromatic heterocycles. The molecular formula is C14H21BrNO12P. The third-order valence-corrected chi connectivity index (χ3v) is 4.38. The molecule has 1 heterocycles. The number of ether oxygens (including phenoxy) is 4. The number of halogens is 1. The van der Waals surface area contributed by atoms with Crippen molar-refractivity contribution in [2.75, 3.05) is 11.9 Å². The molecule has 1 aliphatic rings. The van der Waals surface area contributed by atoms with Crippen LogP contribution in [0.25, 0.3) is 0 Å². The van der Waals surface area contributed by atoms with Crippen molar-refractivity contribution < 1.29 is 57.0 Å². The molecule has 0 aliphatic carbocycles. The Morgan fingerprint density at radius 1 is 1.03 bits per heavy atom. The maximum absolute atomic E-state index is 11.9. The van der Waals surface area contributed by atoms with Gasteiger partial charge >= 0.3 is 25.7 Å². The molecule has 15 heteroatoms. The highest BCUT2D eigenvalue weighted by Gasteiger charge is 2.52. The van der Waals surface area contributed by atoms with Crippen LogP contribution in [0, 0.1) is 0 Å². The van der Waals surface area contributed by atoms with E-state index >= 15 is 0 Å². The van der Waals surface area contributed by atoms with Crippen molar-refractivity contribution in [2.45, 2.75) is 51.4 Å². The first-order valence-electron chi connectivity index (χ1n) is 8.06. The van der Waals surface area contributed by atoms with E-state index in [9.17, 15) is 33.5 Å². The fourth-order valence-corrected chi connectivity index (χ4v) is 3.12. The number of phosphoric acid groups is 1. The summed E-state index contributed by atoms with van der Waals surface area (Å²) in [6.07, 6.45) is -6.05. The second-order valence-corrected chi connectivity index (χ2v) is 7.57. The second kappa shape index (κ2) is 11.0. The van der Waals surface area contributed by atoms with Gasteiger partial charge in [-0.2, -0.15) is 0 Å². The Hall–Kier alpha value is -1.57. The molecule has 1 saturated heterocycles. The fraction of sp³-hybridized carbons (Fsp3) is 0.714. The highest BCUT2D eigenvalue weighted by Crippen LogP contribution is 2.41. The minimum atomic E-state index is -5.14. The lowest BCUT2D eigenvalue weighted by molar-refractivity contribution is -0.259. The number of alkyl halides is 1. The lowest BCUT2D eigenvalue weighted by atomic mass is 9.96. The van der Waals surface area contributed by atoms with Gasteiger partial charge in [-0.3, -0.25) is 23.7 Å². The van der Waals surface area contributed by atoms with E-state index in [1.54, 1.807) is 0 Å². The Morgan fingerprint density at radius 3 is 2.03 bits per heavy atom. The summed E-state index contributed by atoms with van der Waals surface area (Å²) in [5.74, 6) is -3.06. The molecule has 0 bridgehead atoms. The molecule has 5 atom stereocenters. The van der Waals surface area contributed by atoms with Crippen LogP contribution in [0.5, 0.6) is 0 Å². The molecule has 0 aromatic carbocycles. The standard InChI is InChI=1S/C14H21BrNO12P/c1-6(17)24-5-9-12(25-7(2)18)13(26-8(3)19)11(16-10(20)4-15)14(27-9)28-29(21,22)23/h9,11-14H,4-5H2,1-3H3,(H,16,20)(H2,21,22,23)/t9?,11?,12-,13?,14-/m1/s1. The van der Waals surface area contributed by atoms with Crippen LogP contribution in [0.4, 0.5) is 0 Å². The SMILES string of the molecule is CC(=O)OCC1O[C@H](OP(=O)(O)O)C(NC(=O)CBr)C(OC(C)=O)[C@@H]1OC(C)=O. The summed E-state index contributed by atoms with van der Waals surface area (Å²) in [4.78, 5) is 64.5. The number of hydrogen-bond donors (Lipinski definition) is 3. The Kier molecular flexibility index (Phi) is 9.65. The Labute approximate surface area is 173 Å². The molecule has 3 N–H and O–H groups in total. The van der Waals surface area contributed by atoms with Crippen LogP contribution in [-0.2, 0) is 47.2 Å². The molecule has 1 aliphatic heterocycles. The maximum atomic E-state index is 11.9. The van der Waals surface area contributed by atoms with Crippen LogP contribution < -0.4 is 5.32 Å². The lowest BCUT2D eigenvalue weighted by Gasteiger charge is -2.44. The quantitative estimate of drug-likeness (QED) is 0.160. The second-order valence-electron chi connectivity index (χ2n) is 5.82. The van der Waals surface area contributed by atoms with Crippen LogP contribution in [0.2, 0.25) is 0 Å². The van der Waals surface area contributed by atoms with Crippen molar-refractivity contribution >= 4 is 47.6 Å². The molecule has 1 amide bonds. The van der Waals surface area contributed by atoms with Crippen LogP contribution in [0.15, 0.2) is 0 Å². The van der Waals surface area contributed by atoms with Gasteiger partial charge in [0.15, 0.2) is 18.5 Å². The number of hydrogen-bond acceptors (Lipinski definition) is 10. The van der Waals surface area contributed by atoms with E-state index in [4.69, 9.17) is 18.9 Å². The molecule has 1 fully saturated rings. The van der Waals surface area contributed by atoms with E-state index in [1.807, 2.05) is 0 Å². The summed E-state index contributed by atoms with van der Waals surface area (Å²) >= 11 is 2.90. The first kappa shape index (κ1) is 25.5. The van der Waals surface area contributed by atoms with Gasteiger partial charge in [-0.1, -0.05) is 15.9 Å². The number of nitrogens with one attached hydrogen (secondary N) is 1. The summed E-state index contributed by atoms with van der Waals surface area (Å²) in [5.41, 5.74) is 0. The number of esters is 3. The van der Waals surface area contributed by atoms with Crippen molar-refractivity contribution in [3.8, 4) is 0 Å². The van der Waals surface area contributed by atoms with E-state index in [0.717, 1.165) is 20.8 Å². The van der Waals surface area contributed by atoms with Crippen molar-refractivity contribution in [3.05, 3.63) is 0 Å². The van der Waals surface area contributed by atoms with Crippen LogP contribution in [-0.4, -0.2) is 76.2 Å². The summed E-state index contributed by atoms with van der Waals surface area (Å²) < 4.78 is 36.4. The van der Waals surface area contributed by atoms with Crippen molar-refractivity contribution in [3.63, 3.8) is 0 Å². The molecular weight excluding hydrogens is 485 g/mol. The zero-order valence-corrected chi connectivity index (χ0v) is 18.1. The summed E-state index contributed by atoms with van der Waals surface area (Å²) in [6, 6.07) is -1.48. The van der Waals surface area contributed by atoms with E-state index in [0.29, 0.717) is 0 Å². The smallest absolute Gasteiger partial charge is 0.463 e. The Bertz CT molecular complexity index is 682. The van der Waals surface area contributed by atoms with E-state index in [2.05, 4.69) is 25.8 Å². The highest BCUT2D eigenvalue weighted by molar-refractivity contribution is 9.09. The van der Waals surface area contributed by atoms with Gasteiger partial charge in [-0.05, 0) is 0 Å². The summed E-state index contributed by atoms with van der Waals surface area (Å²) in [7, 11) is -5.14. The Balaban J connectivity index is 3.37. The van der Waals surface area contributed by atoms with Gasteiger partial charge in [0.05, 0.1) is 5.33 Å². The molecule has 29 heavy (non-hydrogen) atoms. The number of amides is 1. The monoisotopic (exact) mass is 505 g/mol. The van der Waals surface area contributed by atoms with Crippen molar-refractivity contribution in [1.82, 2.24) is 5.32 Å². The van der Waals surface area contributed by atoms with Gasteiger partial charge in [0.1, 0.15) is 18.8 Å². The van der Waals surface area contributed by atoms with Crippen LogP contribution in [0.1, 0.15) is 20.8 Å². The van der Waals surface area contributed by atoms with Gasteiger partial charge < -0.3 is 34.1 Å². The largest absolute Gasteiger partial charge is 0.472 e. The van der Waals surface area contributed by atoms with E-state index in [1.165, 1.54) is 0 Å². The predicted molar refractivity (Wildman–Crippen MR) is 95.3 cm³/mol. The van der Waals surface area contributed by atoms with Gasteiger partial charge in [0.25, 0.3) is 0 Å². The summed E-state index contributed by atoms with van der Waals surface area (Å²) in [6.45, 7) is 2.66. The topological polar surface area (TPSA) is 184 Å². The van der Waals surface area contributed by atoms with Crippen molar-refractivity contribution in [2.24, 2.45) is 0 Å². The predicted octanol–water partition coefficient (Wildman–Crippen LogP) is -0.873. The van der Waals surface area contributed by atoms with Gasteiger partial charge in [0.2, 0.25) is 5.91 Å². The first-order chi connectivity index (χ1) is 13.3. The number of rotatable bonds is 8. The zero-order chi connectivity index (χ0) is 22.4. The number of phosphoric ester groups is 1. The average molecular weight is 506 g/mol. The molecule has 0 saturated carbocycles. The van der Waals surface area contributed by atoms with Gasteiger partial charge in [-0.15, -0.1) is 0 Å². The van der Waals surface area contributed by atoms with Crippen LogP contribution >= 0.6 is 23.8 Å². The molecule has 0 radical (unpaired) electrons. The minimum absolute atomic E-state index is 0.214. The van der Waals surface area contributed by atoms with Crippen LogP contribution in [0.3, 0.4) is 0 Å². The maximum Gasteiger partial charge on any atom is 0.472 e. The van der Waals surface area contributed by atoms with Gasteiger partial charge in [0, 0.05) is 20.8 Å². The number of carbonyl (C=O) groups excluding carboxylic acids is 4. The number of carbonyl (C=O) groups is 4. The third kappa shape index (κ3) is 8.76. The normalized spacial score (nSPS) is 26.9. The minimum Gasteiger partial charge on any atom is -0.463 e. The fourth-order valence-electron chi connectivity index (χ4n) is 2.51. The van der Waals surface area contributed by atoms with E-state index < -0.39 is 68.9 Å². The first-order valence-corrected chi connectivity index (χ1v) is 10.7. The molecule has 3 unspecified atom stereocenters.